The third-order valence-electron chi connectivity index (χ3n) is 7.18. The maximum atomic E-state index is 13.1. The van der Waals surface area contributed by atoms with E-state index in [0.29, 0.717) is 29.1 Å². The van der Waals surface area contributed by atoms with Crippen molar-refractivity contribution >= 4 is 46.1 Å². The van der Waals surface area contributed by atoms with Crippen LogP contribution >= 0.6 is 0 Å². The van der Waals surface area contributed by atoms with Crippen LogP contribution < -0.4 is 15.5 Å². The minimum atomic E-state index is -1.06. The zero-order valence-electron chi connectivity index (χ0n) is 22.0. The minimum Gasteiger partial charge on any atom is -0.478 e. The molecule has 2 amide bonds. The minimum absolute atomic E-state index is 0.0346. The van der Waals surface area contributed by atoms with Gasteiger partial charge in [-0.15, -0.1) is 0 Å². The first-order chi connectivity index (χ1) is 18.8. The SMILES string of the molecule is CN1CCN(CC(=O)N(C)c2ccc(N/C(=C3\C(=O)Nc4cc(C(=O)O)ccc43)c3ccccc3)cc2)CC1. The van der Waals surface area contributed by atoms with Gasteiger partial charge in [-0.3, -0.25) is 14.5 Å². The van der Waals surface area contributed by atoms with Gasteiger partial charge in [0.15, 0.2) is 0 Å². The predicted molar refractivity (Wildman–Crippen MR) is 153 cm³/mol. The number of carboxylic acids is 1. The molecule has 0 spiro atoms. The van der Waals surface area contributed by atoms with E-state index < -0.39 is 5.97 Å². The molecule has 0 radical (unpaired) electrons. The molecule has 3 aromatic rings. The van der Waals surface area contributed by atoms with Crippen LogP contribution in [0.4, 0.5) is 17.1 Å². The van der Waals surface area contributed by atoms with Crippen molar-refractivity contribution in [3.8, 4) is 0 Å². The lowest BCUT2D eigenvalue weighted by molar-refractivity contribution is -0.119. The second kappa shape index (κ2) is 11.1. The van der Waals surface area contributed by atoms with Gasteiger partial charge in [0.2, 0.25) is 5.91 Å². The van der Waals surface area contributed by atoms with Crippen molar-refractivity contribution < 1.29 is 19.5 Å². The lowest BCUT2D eigenvalue weighted by Crippen LogP contribution is -2.48. The molecule has 200 valence electrons. The number of amides is 2. The summed E-state index contributed by atoms with van der Waals surface area (Å²) in [5, 5.41) is 15.5. The van der Waals surface area contributed by atoms with Gasteiger partial charge < -0.3 is 25.5 Å². The van der Waals surface area contributed by atoms with Gasteiger partial charge in [0, 0.05) is 50.2 Å². The summed E-state index contributed by atoms with van der Waals surface area (Å²) in [5.41, 5.74) is 4.54. The highest BCUT2D eigenvalue weighted by Crippen LogP contribution is 2.38. The molecule has 0 atom stereocenters. The lowest BCUT2D eigenvalue weighted by Gasteiger charge is -2.32. The average molecular weight is 526 g/mol. The standard InChI is InChI=1S/C30H31N5O4/c1-33-14-16-35(17-15-33)19-26(36)34(2)23-11-9-22(10-12-23)31-28(20-6-4-3-5-7-20)27-24-13-8-21(30(38)39)18-25(24)32-29(27)37/h3-13,18,31H,14-17,19H2,1-2H3,(H,32,37)(H,38,39)/b28-27-. The lowest BCUT2D eigenvalue weighted by atomic mass is 9.99. The first-order valence-electron chi connectivity index (χ1n) is 12.8. The molecule has 39 heavy (non-hydrogen) atoms. The fraction of sp³-hybridized carbons (Fsp3) is 0.233. The topological polar surface area (TPSA) is 105 Å². The molecule has 3 N–H and O–H groups in total. The van der Waals surface area contributed by atoms with E-state index in [-0.39, 0.29) is 17.4 Å². The normalized spacial score (nSPS) is 16.8. The Bertz CT molecular complexity index is 1430. The summed E-state index contributed by atoms with van der Waals surface area (Å²) in [6, 6.07) is 21.6. The van der Waals surface area contributed by atoms with Gasteiger partial charge >= 0.3 is 5.97 Å². The van der Waals surface area contributed by atoms with E-state index in [1.807, 2.05) is 54.6 Å². The largest absolute Gasteiger partial charge is 0.478 e. The highest BCUT2D eigenvalue weighted by Gasteiger charge is 2.29. The third-order valence-corrected chi connectivity index (χ3v) is 7.18. The van der Waals surface area contributed by atoms with Crippen molar-refractivity contribution in [2.75, 3.05) is 62.4 Å². The smallest absolute Gasteiger partial charge is 0.335 e. The van der Waals surface area contributed by atoms with Crippen LogP contribution in [0.3, 0.4) is 0 Å². The molecule has 1 fully saturated rings. The van der Waals surface area contributed by atoms with E-state index in [9.17, 15) is 19.5 Å². The molecule has 3 aromatic carbocycles. The van der Waals surface area contributed by atoms with Crippen LogP contribution in [0.5, 0.6) is 0 Å². The summed E-state index contributed by atoms with van der Waals surface area (Å²) >= 11 is 0. The maximum Gasteiger partial charge on any atom is 0.335 e. The molecule has 5 rings (SSSR count). The van der Waals surface area contributed by atoms with Crippen LogP contribution in [-0.4, -0.2) is 79.5 Å². The number of carbonyl (C=O) groups is 3. The number of anilines is 3. The molecule has 1 saturated heterocycles. The van der Waals surface area contributed by atoms with E-state index in [1.165, 1.54) is 12.1 Å². The Balaban J connectivity index is 1.40. The fourth-order valence-electron chi connectivity index (χ4n) is 4.80. The van der Waals surface area contributed by atoms with Crippen molar-refractivity contribution in [3.63, 3.8) is 0 Å². The molecule has 2 aliphatic rings. The molecule has 0 aromatic heterocycles. The molecule has 2 heterocycles. The van der Waals surface area contributed by atoms with Crippen molar-refractivity contribution in [1.29, 1.82) is 0 Å². The Kier molecular flexibility index (Phi) is 7.44. The molecular weight excluding hydrogens is 494 g/mol. The first-order valence-corrected chi connectivity index (χ1v) is 12.8. The van der Waals surface area contributed by atoms with E-state index in [2.05, 4.69) is 27.5 Å². The number of benzene rings is 3. The van der Waals surface area contributed by atoms with Gasteiger partial charge in [0.1, 0.15) is 0 Å². The van der Waals surface area contributed by atoms with Gasteiger partial charge in [-0.1, -0.05) is 36.4 Å². The quantitative estimate of drug-likeness (QED) is 0.406. The second-order valence-corrected chi connectivity index (χ2v) is 9.84. The average Bonchev–Trinajstić information content (AvgIpc) is 3.28. The number of hydrogen-bond donors (Lipinski definition) is 3. The summed E-state index contributed by atoms with van der Waals surface area (Å²) in [6.07, 6.45) is 0. The molecule has 2 aliphatic heterocycles. The van der Waals surface area contributed by atoms with Gasteiger partial charge in [-0.2, -0.15) is 0 Å². The predicted octanol–water partition coefficient (Wildman–Crippen LogP) is 3.53. The zero-order chi connectivity index (χ0) is 27.5. The Morgan fingerprint density at radius 2 is 1.64 bits per heavy atom. The van der Waals surface area contributed by atoms with E-state index in [1.54, 1.807) is 18.0 Å². The molecule has 9 nitrogen and oxygen atoms in total. The Morgan fingerprint density at radius 1 is 0.949 bits per heavy atom. The van der Waals surface area contributed by atoms with Crippen molar-refractivity contribution in [1.82, 2.24) is 9.80 Å². The molecule has 0 bridgehead atoms. The number of hydrogen-bond acceptors (Lipinski definition) is 6. The van der Waals surface area contributed by atoms with Gasteiger partial charge in [0.05, 0.1) is 29.1 Å². The highest BCUT2D eigenvalue weighted by molar-refractivity contribution is 6.37. The number of carboxylic acid groups (broad SMARTS) is 1. The zero-order valence-corrected chi connectivity index (χ0v) is 22.0. The van der Waals surface area contributed by atoms with Crippen LogP contribution in [0.15, 0.2) is 72.8 Å². The van der Waals surface area contributed by atoms with Crippen LogP contribution in [0.2, 0.25) is 0 Å². The molecule has 0 saturated carbocycles. The number of carbonyl (C=O) groups excluding carboxylic acids is 2. The first kappa shape index (κ1) is 26.1. The fourth-order valence-corrected chi connectivity index (χ4v) is 4.80. The van der Waals surface area contributed by atoms with Crippen LogP contribution in [-0.2, 0) is 9.59 Å². The van der Waals surface area contributed by atoms with Gasteiger partial charge in [-0.05, 0) is 49.0 Å². The Hall–Kier alpha value is -4.47. The van der Waals surface area contributed by atoms with Crippen LogP contribution in [0.25, 0.3) is 11.3 Å². The summed E-state index contributed by atoms with van der Waals surface area (Å²) in [7, 11) is 3.87. The second-order valence-electron chi connectivity index (χ2n) is 9.84. The monoisotopic (exact) mass is 525 g/mol. The van der Waals surface area contributed by atoms with Crippen LogP contribution in [0.1, 0.15) is 21.5 Å². The summed E-state index contributed by atoms with van der Waals surface area (Å²) in [6.45, 7) is 4.06. The molecule has 0 unspecified atom stereocenters. The molecule has 0 aliphatic carbocycles. The summed E-state index contributed by atoms with van der Waals surface area (Å²) in [5.74, 6) is -1.34. The van der Waals surface area contributed by atoms with Crippen molar-refractivity contribution in [2.45, 2.75) is 0 Å². The molecule has 9 heteroatoms. The number of likely N-dealkylation sites (N-methyl/N-ethyl adjacent to an activating group) is 2. The number of rotatable bonds is 7. The third kappa shape index (κ3) is 5.69. The Labute approximate surface area is 227 Å². The van der Waals surface area contributed by atoms with Crippen molar-refractivity contribution in [3.05, 3.63) is 89.5 Å². The number of aromatic carboxylic acids is 1. The highest BCUT2D eigenvalue weighted by atomic mass is 16.4. The van der Waals surface area contributed by atoms with E-state index >= 15 is 0 Å². The summed E-state index contributed by atoms with van der Waals surface area (Å²) < 4.78 is 0. The molecular formula is C30H31N5O4. The number of fused-ring (bicyclic) bond motifs is 1. The van der Waals surface area contributed by atoms with E-state index in [0.717, 1.165) is 43.1 Å². The van der Waals surface area contributed by atoms with Gasteiger partial charge in [-0.25, -0.2) is 4.79 Å². The van der Waals surface area contributed by atoms with Crippen LogP contribution in [0, 0.1) is 0 Å². The van der Waals surface area contributed by atoms with Gasteiger partial charge in [0.25, 0.3) is 5.91 Å². The van der Waals surface area contributed by atoms with Crippen molar-refractivity contribution in [2.24, 2.45) is 0 Å². The number of piperazine rings is 1. The van der Waals surface area contributed by atoms with E-state index in [4.69, 9.17) is 0 Å². The Morgan fingerprint density at radius 3 is 2.31 bits per heavy atom. The number of nitrogens with one attached hydrogen (secondary N) is 2. The summed E-state index contributed by atoms with van der Waals surface area (Å²) in [4.78, 5) is 43.5. The number of nitrogens with zero attached hydrogens (tertiary/aromatic N) is 3. The maximum absolute atomic E-state index is 13.1.